The number of piperazine rings is 1. The van der Waals surface area contributed by atoms with Gasteiger partial charge in [0.15, 0.2) is 0 Å². The summed E-state index contributed by atoms with van der Waals surface area (Å²) in [6, 6.07) is 4.38. The van der Waals surface area contributed by atoms with Crippen LogP contribution in [0, 0.1) is 0 Å². The van der Waals surface area contributed by atoms with E-state index in [2.05, 4.69) is 33.8 Å². The lowest BCUT2D eigenvalue weighted by atomic mass is 10.1. The second kappa shape index (κ2) is 9.00. The Morgan fingerprint density at radius 2 is 1.95 bits per heavy atom. The van der Waals surface area contributed by atoms with Gasteiger partial charge in [0, 0.05) is 46.1 Å². The van der Waals surface area contributed by atoms with Gasteiger partial charge >= 0.3 is 0 Å². The van der Waals surface area contributed by atoms with Crippen molar-refractivity contribution in [3.05, 3.63) is 23.9 Å². The molecule has 2 rings (SSSR count). The normalized spacial score (nSPS) is 16.4. The number of methoxy groups -OCH3 is 1. The molecule has 1 fully saturated rings. The molecule has 4 nitrogen and oxygen atoms in total. The van der Waals surface area contributed by atoms with Crippen molar-refractivity contribution in [2.24, 2.45) is 0 Å². The van der Waals surface area contributed by atoms with Gasteiger partial charge in [0.05, 0.1) is 0 Å². The van der Waals surface area contributed by atoms with Crippen LogP contribution in [0.15, 0.2) is 18.3 Å². The van der Waals surface area contributed by atoms with Gasteiger partial charge in [0.1, 0.15) is 5.82 Å². The van der Waals surface area contributed by atoms with Crippen molar-refractivity contribution < 1.29 is 4.74 Å². The monoisotopic (exact) mass is 291 g/mol. The second-order valence-corrected chi connectivity index (χ2v) is 5.80. The summed E-state index contributed by atoms with van der Waals surface area (Å²) in [6.07, 6.45) is 6.73. The molecule has 0 atom stereocenters. The Kier molecular flexibility index (Phi) is 6.96. The van der Waals surface area contributed by atoms with Gasteiger partial charge in [-0.3, -0.25) is 4.90 Å². The first-order valence-corrected chi connectivity index (χ1v) is 8.24. The minimum absolute atomic E-state index is 0.821. The third-order valence-corrected chi connectivity index (χ3v) is 4.15. The average Bonchev–Trinajstić information content (AvgIpc) is 2.54. The summed E-state index contributed by atoms with van der Waals surface area (Å²) in [5, 5.41) is 0. The molecule has 1 aliphatic rings. The predicted molar refractivity (Wildman–Crippen MR) is 88.0 cm³/mol. The first-order chi connectivity index (χ1) is 10.3. The lowest BCUT2D eigenvalue weighted by Gasteiger charge is -2.35. The Balaban J connectivity index is 1.78. The number of hydrogen-bond donors (Lipinski definition) is 0. The molecule has 1 saturated heterocycles. The van der Waals surface area contributed by atoms with E-state index in [1.54, 1.807) is 7.11 Å². The van der Waals surface area contributed by atoms with Crippen LogP contribution in [-0.4, -0.2) is 56.3 Å². The fourth-order valence-electron chi connectivity index (χ4n) is 2.75. The Hall–Kier alpha value is -1.13. The molecule has 1 aromatic rings. The summed E-state index contributed by atoms with van der Waals surface area (Å²) in [6.45, 7) is 8.85. The molecule has 0 amide bonds. The second-order valence-electron chi connectivity index (χ2n) is 5.80. The zero-order valence-electron chi connectivity index (χ0n) is 13.6. The van der Waals surface area contributed by atoms with Crippen molar-refractivity contribution >= 4 is 5.82 Å². The fourth-order valence-corrected chi connectivity index (χ4v) is 2.75. The molecule has 0 N–H and O–H groups in total. The number of pyridine rings is 1. The van der Waals surface area contributed by atoms with Gasteiger partial charge in [0.25, 0.3) is 0 Å². The highest BCUT2D eigenvalue weighted by molar-refractivity contribution is 5.39. The molecule has 0 aromatic carbocycles. The van der Waals surface area contributed by atoms with E-state index in [4.69, 9.17) is 4.74 Å². The van der Waals surface area contributed by atoms with Crippen LogP contribution in [0.1, 0.15) is 31.7 Å². The molecular weight excluding hydrogens is 262 g/mol. The summed E-state index contributed by atoms with van der Waals surface area (Å²) < 4.78 is 5.09. The molecule has 0 bridgehead atoms. The highest BCUT2D eigenvalue weighted by Crippen LogP contribution is 2.15. The number of aryl methyl sites for hydroxylation is 1. The summed E-state index contributed by atoms with van der Waals surface area (Å²) >= 11 is 0. The first kappa shape index (κ1) is 16.2. The molecule has 0 spiro atoms. The maximum Gasteiger partial charge on any atom is 0.128 e. The minimum atomic E-state index is 0.821. The number of aromatic nitrogens is 1. The van der Waals surface area contributed by atoms with Crippen LogP contribution < -0.4 is 4.90 Å². The number of rotatable bonds is 8. The summed E-state index contributed by atoms with van der Waals surface area (Å²) in [7, 11) is 1.75. The number of anilines is 1. The van der Waals surface area contributed by atoms with Crippen molar-refractivity contribution in [2.45, 2.75) is 32.6 Å². The molecule has 1 aromatic heterocycles. The average molecular weight is 291 g/mol. The van der Waals surface area contributed by atoms with E-state index < -0.39 is 0 Å². The highest BCUT2D eigenvalue weighted by atomic mass is 16.5. The van der Waals surface area contributed by atoms with Crippen molar-refractivity contribution in [2.75, 3.05) is 51.3 Å². The van der Waals surface area contributed by atoms with E-state index >= 15 is 0 Å². The van der Waals surface area contributed by atoms with Crippen LogP contribution in [0.2, 0.25) is 0 Å². The number of ether oxygens (including phenoxy) is 1. The summed E-state index contributed by atoms with van der Waals surface area (Å²) in [5.74, 6) is 1.13. The van der Waals surface area contributed by atoms with Gasteiger partial charge in [-0.2, -0.15) is 0 Å². The van der Waals surface area contributed by atoms with Gasteiger partial charge in [-0.15, -0.1) is 0 Å². The van der Waals surface area contributed by atoms with Crippen LogP contribution in [0.25, 0.3) is 0 Å². The maximum atomic E-state index is 5.09. The van der Waals surface area contributed by atoms with Gasteiger partial charge in [-0.1, -0.05) is 19.4 Å². The van der Waals surface area contributed by atoms with E-state index in [-0.39, 0.29) is 0 Å². The van der Waals surface area contributed by atoms with E-state index in [9.17, 15) is 0 Å². The molecule has 4 heteroatoms. The van der Waals surface area contributed by atoms with Crippen molar-refractivity contribution in [3.8, 4) is 0 Å². The number of nitrogens with zero attached hydrogens (tertiary/aromatic N) is 3. The number of unbranched alkanes of at least 4 members (excludes halogenated alkanes) is 1. The fraction of sp³-hybridized carbons (Fsp3) is 0.706. The zero-order chi connectivity index (χ0) is 14.9. The molecule has 118 valence electrons. The molecule has 21 heavy (non-hydrogen) atoms. The molecule has 0 aliphatic carbocycles. The van der Waals surface area contributed by atoms with Crippen LogP contribution in [0.5, 0.6) is 0 Å². The van der Waals surface area contributed by atoms with Gasteiger partial charge in [-0.25, -0.2) is 4.98 Å². The topological polar surface area (TPSA) is 28.6 Å². The summed E-state index contributed by atoms with van der Waals surface area (Å²) in [4.78, 5) is 9.61. The van der Waals surface area contributed by atoms with E-state index in [0.717, 1.165) is 51.4 Å². The number of hydrogen-bond acceptors (Lipinski definition) is 4. The Bertz CT molecular complexity index is 386. The molecule has 2 heterocycles. The largest absolute Gasteiger partial charge is 0.385 e. The molecule has 0 radical (unpaired) electrons. The van der Waals surface area contributed by atoms with Crippen LogP contribution in [0.3, 0.4) is 0 Å². The van der Waals surface area contributed by atoms with Gasteiger partial charge < -0.3 is 9.64 Å². The lowest BCUT2D eigenvalue weighted by Crippen LogP contribution is -2.46. The van der Waals surface area contributed by atoms with Crippen molar-refractivity contribution in [3.63, 3.8) is 0 Å². The minimum Gasteiger partial charge on any atom is -0.385 e. The smallest absolute Gasteiger partial charge is 0.128 e. The lowest BCUT2D eigenvalue weighted by molar-refractivity contribution is 0.195. The van der Waals surface area contributed by atoms with Gasteiger partial charge in [-0.05, 0) is 37.4 Å². The molecule has 0 unspecified atom stereocenters. The predicted octanol–water partition coefficient (Wildman–Crippen LogP) is 2.58. The van der Waals surface area contributed by atoms with Crippen LogP contribution in [0.4, 0.5) is 5.82 Å². The third-order valence-electron chi connectivity index (χ3n) is 4.15. The molecule has 0 saturated carbocycles. The van der Waals surface area contributed by atoms with Crippen LogP contribution in [-0.2, 0) is 11.2 Å². The van der Waals surface area contributed by atoms with Crippen molar-refractivity contribution in [1.29, 1.82) is 0 Å². The van der Waals surface area contributed by atoms with Crippen molar-refractivity contribution in [1.82, 2.24) is 9.88 Å². The van der Waals surface area contributed by atoms with E-state index in [1.165, 1.54) is 24.9 Å². The Morgan fingerprint density at radius 1 is 1.14 bits per heavy atom. The zero-order valence-corrected chi connectivity index (χ0v) is 13.6. The quantitative estimate of drug-likeness (QED) is 0.688. The SMILES string of the molecule is CCCCN1CCN(c2ccc(CCCOC)cn2)CC1. The Morgan fingerprint density at radius 3 is 2.57 bits per heavy atom. The molecular formula is C17H29N3O. The van der Waals surface area contributed by atoms with Gasteiger partial charge in [0.2, 0.25) is 0 Å². The Labute approximate surface area is 129 Å². The third kappa shape index (κ3) is 5.29. The van der Waals surface area contributed by atoms with E-state index in [1.807, 2.05) is 6.20 Å². The first-order valence-electron chi connectivity index (χ1n) is 8.24. The maximum absolute atomic E-state index is 5.09. The van der Waals surface area contributed by atoms with E-state index in [0.29, 0.717) is 0 Å². The standard InChI is InChI=1S/C17H29N3O/c1-3-4-9-19-10-12-20(13-11-19)17-8-7-16(15-18-17)6-5-14-21-2/h7-8,15H,3-6,9-14H2,1-2H3. The van der Waals surface area contributed by atoms with Crippen LogP contribution >= 0.6 is 0 Å². The molecule has 1 aliphatic heterocycles. The summed E-state index contributed by atoms with van der Waals surface area (Å²) in [5.41, 5.74) is 1.30. The highest BCUT2D eigenvalue weighted by Gasteiger charge is 2.17.